The van der Waals surface area contributed by atoms with Crippen LogP contribution in [0.5, 0.6) is 0 Å². The van der Waals surface area contributed by atoms with Gasteiger partial charge in [-0.2, -0.15) is 0 Å². The molecule has 1 saturated heterocycles. The van der Waals surface area contributed by atoms with Crippen molar-refractivity contribution >= 4 is 8.07 Å². The van der Waals surface area contributed by atoms with E-state index in [2.05, 4.69) is 40.8 Å². The van der Waals surface area contributed by atoms with E-state index in [-0.39, 0.29) is 17.9 Å². The molecule has 1 heterocycles. The van der Waals surface area contributed by atoms with E-state index < -0.39 is 8.07 Å². The molecular formula is C10H22O2Si. The molecule has 0 saturated carbocycles. The van der Waals surface area contributed by atoms with Crippen LogP contribution in [0.15, 0.2) is 0 Å². The maximum atomic E-state index is 9.07. The summed E-state index contributed by atoms with van der Waals surface area (Å²) < 4.78 is 5.66. The molecule has 1 aliphatic heterocycles. The molecule has 78 valence electrons. The van der Waals surface area contributed by atoms with Crippen molar-refractivity contribution in [1.29, 1.82) is 0 Å². The fraction of sp³-hybridized carbons (Fsp3) is 1.00. The Labute approximate surface area is 82.3 Å². The van der Waals surface area contributed by atoms with Gasteiger partial charge in [0.05, 0.1) is 19.9 Å². The Kier molecular flexibility index (Phi) is 2.43. The number of hydrogen-bond donors (Lipinski definition) is 1. The molecule has 1 aliphatic rings. The zero-order valence-corrected chi connectivity index (χ0v) is 10.6. The first kappa shape index (κ1) is 11.2. The minimum absolute atomic E-state index is 0.0139. The molecule has 0 aromatic carbocycles. The van der Waals surface area contributed by atoms with Crippen LogP contribution < -0.4 is 0 Å². The van der Waals surface area contributed by atoms with Crippen LogP contribution in [0.3, 0.4) is 0 Å². The van der Waals surface area contributed by atoms with Crippen molar-refractivity contribution in [2.24, 2.45) is 0 Å². The van der Waals surface area contributed by atoms with Crippen LogP contribution in [0.2, 0.25) is 18.1 Å². The number of aliphatic hydroxyl groups is 1. The third-order valence-corrected chi connectivity index (χ3v) is 10.9. The lowest BCUT2D eigenvalue weighted by Gasteiger charge is -2.40. The first-order chi connectivity index (χ1) is 5.67. The zero-order chi connectivity index (χ0) is 10.5. The maximum Gasteiger partial charge on any atom is 0.107 e. The highest BCUT2D eigenvalue weighted by Crippen LogP contribution is 2.53. The summed E-state index contributed by atoms with van der Waals surface area (Å²) in [5.41, 5.74) is 0. The fourth-order valence-corrected chi connectivity index (χ4v) is 4.59. The Balaban J connectivity index is 2.84. The Morgan fingerprint density at radius 2 is 1.85 bits per heavy atom. The Bertz CT molecular complexity index is 207. The Hall–Kier alpha value is 0.137. The van der Waals surface area contributed by atoms with E-state index in [4.69, 9.17) is 9.84 Å². The lowest BCUT2D eigenvalue weighted by molar-refractivity contribution is 0.240. The normalized spacial score (nSPS) is 34.8. The summed E-state index contributed by atoms with van der Waals surface area (Å²) in [6.45, 7) is 13.9. The standard InChI is InChI=1S/C10H22O2Si/c1-9(2,3)13(5,6)10(4)8(7-11)12-10/h8,11H,7H2,1-6H3. The Morgan fingerprint density at radius 3 is 2.08 bits per heavy atom. The van der Waals surface area contributed by atoms with E-state index in [0.717, 1.165) is 0 Å². The molecule has 1 rings (SSSR count). The molecule has 0 spiro atoms. The summed E-state index contributed by atoms with van der Waals surface area (Å²) in [4.78, 5) is 0. The minimum atomic E-state index is -1.46. The third-order valence-electron chi connectivity index (χ3n) is 4.23. The molecule has 0 bridgehead atoms. The molecule has 0 aromatic rings. The average Bonchev–Trinajstić information content (AvgIpc) is 2.61. The van der Waals surface area contributed by atoms with Gasteiger partial charge >= 0.3 is 0 Å². The zero-order valence-electron chi connectivity index (χ0n) is 9.64. The van der Waals surface area contributed by atoms with Gasteiger partial charge in [0.2, 0.25) is 0 Å². The van der Waals surface area contributed by atoms with Gasteiger partial charge in [0.15, 0.2) is 0 Å². The highest BCUT2D eigenvalue weighted by atomic mass is 28.3. The third kappa shape index (κ3) is 1.47. The van der Waals surface area contributed by atoms with Gasteiger partial charge in [-0.3, -0.25) is 0 Å². The second-order valence-corrected chi connectivity index (χ2v) is 11.5. The number of epoxide rings is 1. The van der Waals surface area contributed by atoms with Crippen LogP contribution in [-0.4, -0.2) is 31.1 Å². The van der Waals surface area contributed by atoms with Crippen molar-refractivity contribution in [1.82, 2.24) is 0 Å². The minimum Gasteiger partial charge on any atom is -0.394 e. The predicted octanol–water partition coefficient (Wildman–Crippen LogP) is 2.18. The highest BCUT2D eigenvalue weighted by Gasteiger charge is 2.65. The second kappa shape index (κ2) is 2.81. The molecule has 13 heavy (non-hydrogen) atoms. The maximum absolute atomic E-state index is 9.07. The molecule has 3 heteroatoms. The largest absolute Gasteiger partial charge is 0.394 e. The summed E-state index contributed by atoms with van der Waals surface area (Å²) in [6.07, 6.45) is 0.0911. The van der Waals surface area contributed by atoms with E-state index in [1.165, 1.54) is 0 Å². The van der Waals surface area contributed by atoms with Crippen LogP contribution in [0, 0.1) is 0 Å². The molecular weight excluding hydrogens is 180 g/mol. The molecule has 2 unspecified atom stereocenters. The monoisotopic (exact) mass is 202 g/mol. The molecule has 0 aliphatic carbocycles. The van der Waals surface area contributed by atoms with Crippen molar-refractivity contribution in [2.45, 2.75) is 57.2 Å². The number of ether oxygens (including phenoxy) is 1. The molecule has 1 N–H and O–H groups in total. The molecule has 1 fully saturated rings. The van der Waals surface area contributed by atoms with E-state index in [0.29, 0.717) is 5.04 Å². The predicted molar refractivity (Wildman–Crippen MR) is 57.6 cm³/mol. The van der Waals surface area contributed by atoms with Crippen molar-refractivity contribution in [3.63, 3.8) is 0 Å². The van der Waals surface area contributed by atoms with Crippen molar-refractivity contribution < 1.29 is 9.84 Å². The molecule has 0 aromatic heterocycles. The quantitative estimate of drug-likeness (QED) is 0.550. The van der Waals surface area contributed by atoms with Crippen molar-refractivity contribution in [3.8, 4) is 0 Å². The van der Waals surface area contributed by atoms with E-state index in [1.54, 1.807) is 0 Å². The fourth-order valence-electron chi connectivity index (χ4n) is 1.77. The smallest absolute Gasteiger partial charge is 0.107 e. The number of hydrogen-bond acceptors (Lipinski definition) is 2. The van der Waals surface area contributed by atoms with Gasteiger partial charge < -0.3 is 9.84 Å². The van der Waals surface area contributed by atoms with Crippen LogP contribution >= 0.6 is 0 Å². The number of aliphatic hydroxyl groups excluding tert-OH is 1. The first-order valence-corrected chi connectivity index (χ1v) is 7.95. The van der Waals surface area contributed by atoms with E-state index in [1.807, 2.05) is 0 Å². The lowest BCUT2D eigenvalue weighted by atomic mass is 10.2. The van der Waals surface area contributed by atoms with Gasteiger partial charge in [-0.15, -0.1) is 0 Å². The SMILES string of the molecule is CC(C)(C)[Si](C)(C)C1(C)OC1CO. The van der Waals surface area contributed by atoms with Crippen molar-refractivity contribution in [3.05, 3.63) is 0 Å². The van der Waals surface area contributed by atoms with Crippen LogP contribution in [0.25, 0.3) is 0 Å². The number of rotatable bonds is 2. The van der Waals surface area contributed by atoms with Crippen LogP contribution in [0.1, 0.15) is 27.7 Å². The molecule has 0 radical (unpaired) electrons. The summed E-state index contributed by atoms with van der Waals surface area (Å²) in [6, 6.07) is 0. The molecule has 2 atom stereocenters. The summed E-state index contributed by atoms with van der Waals surface area (Å²) >= 11 is 0. The van der Waals surface area contributed by atoms with E-state index in [9.17, 15) is 0 Å². The second-order valence-electron chi connectivity index (χ2n) is 5.77. The van der Waals surface area contributed by atoms with Gasteiger partial charge in [-0.05, 0) is 12.0 Å². The summed E-state index contributed by atoms with van der Waals surface area (Å²) in [5.74, 6) is 0. The lowest BCUT2D eigenvalue weighted by Crippen LogP contribution is -2.52. The van der Waals surface area contributed by atoms with Crippen molar-refractivity contribution in [2.75, 3.05) is 6.61 Å². The summed E-state index contributed by atoms with van der Waals surface area (Å²) in [5, 5.41) is 9.38. The summed E-state index contributed by atoms with van der Waals surface area (Å²) in [7, 11) is -1.46. The van der Waals surface area contributed by atoms with Gasteiger partial charge in [0.1, 0.15) is 6.10 Å². The van der Waals surface area contributed by atoms with Gasteiger partial charge in [-0.1, -0.05) is 33.9 Å². The van der Waals surface area contributed by atoms with Gasteiger partial charge in [0.25, 0.3) is 0 Å². The van der Waals surface area contributed by atoms with Gasteiger partial charge in [-0.25, -0.2) is 0 Å². The average molecular weight is 202 g/mol. The first-order valence-electron chi connectivity index (χ1n) is 4.95. The van der Waals surface area contributed by atoms with Gasteiger partial charge in [0, 0.05) is 0 Å². The molecule has 0 amide bonds. The molecule has 2 nitrogen and oxygen atoms in total. The highest BCUT2D eigenvalue weighted by molar-refractivity contribution is 6.83. The topological polar surface area (TPSA) is 32.8 Å². The Morgan fingerprint density at radius 1 is 1.38 bits per heavy atom. The van der Waals surface area contributed by atoms with E-state index >= 15 is 0 Å². The van der Waals surface area contributed by atoms with Crippen LogP contribution in [0.4, 0.5) is 0 Å². The van der Waals surface area contributed by atoms with Crippen LogP contribution in [-0.2, 0) is 4.74 Å².